The number of nitriles is 2. The molecule has 0 bridgehead atoms. The van der Waals surface area contributed by atoms with E-state index in [1.165, 1.54) is 13.1 Å². The molecule has 2 rings (SSSR count). The number of benzene rings is 2. The van der Waals surface area contributed by atoms with Gasteiger partial charge in [0.25, 0.3) is 5.91 Å². The first-order chi connectivity index (χ1) is 12.5. The molecule has 0 atom stereocenters. The highest BCUT2D eigenvalue weighted by atomic mass is 16.2. The third-order valence-corrected chi connectivity index (χ3v) is 3.23. The molecule has 0 aromatic heterocycles. The predicted octanol–water partition coefficient (Wildman–Crippen LogP) is 2.97. The van der Waals surface area contributed by atoms with Gasteiger partial charge >= 0.3 is 0 Å². The first-order valence-corrected chi connectivity index (χ1v) is 7.58. The van der Waals surface area contributed by atoms with Crippen LogP contribution in [0.4, 0.5) is 17.1 Å². The van der Waals surface area contributed by atoms with Crippen LogP contribution in [0.25, 0.3) is 0 Å². The first-order valence-electron chi connectivity index (χ1n) is 7.58. The highest BCUT2D eigenvalue weighted by Gasteiger charge is 2.09. The van der Waals surface area contributed by atoms with Crippen LogP contribution in [-0.4, -0.2) is 11.8 Å². The van der Waals surface area contributed by atoms with Crippen molar-refractivity contribution in [3.05, 3.63) is 65.9 Å². The fourth-order valence-corrected chi connectivity index (χ4v) is 1.98. The second-order valence-corrected chi connectivity index (χ2v) is 5.22. The Kier molecular flexibility index (Phi) is 6.08. The van der Waals surface area contributed by atoms with Gasteiger partial charge < -0.3 is 16.0 Å². The van der Waals surface area contributed by atoms with E-state index >= 15 is 0 Å². The van der Waals surface area contributed by atoms with Crippen LogP contribution in [0.1, 0.15) is 12.5 Å². The maximum atomic E-state index is 12.2. The third-order valence-electron chi connectivity index (χ3n) is 3.23. The van der Waals surface area contributed by atoms with Crippen LogP contribution in [0.3, 0.4) is 0 Å². The number of nitrogens with zero attached hydrogens (tertiary/aromatic N) is 2. The normalized spacial score (nSPS) is 10.2. The van der Waals surface area contributed by atoms with E-state index in [0.717, 1.165) is 0 Å². The number of anilines is 3. The van der Waals surface area contributed by atoms with Gasteiger partial charge in [-0.05, 0) is 48.5 Å². The molecule has 7 nitrogen and oxygen atoms in total. The number of hydrogen-bond acceptors (Lipinski definition) is 5. The average Bonchev–Trinajstić information content (AvgIpc) is 2.64. The van der Waals surface area contributed by atoms with E-state index in [1.54, 1.807) is 48.5 Å². The molecule has 0 aliphatic heterocycles. The summed E-state index contributed by atoms with van der Waals surface area (Å²) >= 11 is 0. The van der Waals surface area contributed by atoms with E-state index in [9.17, 15) is 9.59 Å². The lowest BCUT2D eigenvalue weighted by Crippen LogP contribution is -2.14. The van der Waals surface area contributed by atoms with Crippen molar-refractivity contribution in [3.8, 4) is 12.1 Å². The number of carbonyl (C=O) groups excluding carboxylic acids is 2. The Bertz CT molecular complexity index is 916. The third kappa shape index (κ3) is 5.22. The van der Waals surface area contributed by atoms with Gasteiger partial charge in [-0.3, -0.25) is 9.59 Å². The number of amides is 2. The minimum atomic E-state index is -0.569. The monoisotopic (exact) mass is 345 g/mol. The summed E-state index contributed by atoms with van der Waals surface area (Å²) in [6, 6.07) is 16.9. The molecule has 0 aliphatic rings. The molecule has 0 fully saturated rings. The zero-order valence-electron chi connectivity index (χ0n) is 13.9. The molecule has 3 N–H and O–H groups in total. The minimum absolute atomic E-state index is 0.111. The van der Waals surface area contributed by atoms with Crippen molar-refractivity contribution in [2.45, 2.75) is 6.92 Å². The highest BCUT2D eigenvalue weighted by molar-refractivity contribution is 6.06. The molecule has 0 saturated heterocycles. The van der Waals surface area contributed by atoms with Gasteiger partial charge in [0, 0.05) is 30.2 Å². The molecule has 128 valence electrons. The molecule has 26 heavy (non-hydrogen) atoms. The molecule has 0 aliphatic carbocycles. The minimum Gasteiger partial charge on any atom is -0.360 e. The fourth-order valence-electron chi connectivity index (χ4n) is 1.98. The zero-order valence-corrected chi connectivity index (χ0v) is 13.9. The Morgan fingerprint density at radius 2 is 1.42 bits per heavy atom. The summed E-state index contributed by atoms with van der Waals surface area (Å²) in [7, 11) is 0. The number of carbonyl (C=O) groups is 2. The molecule has 0 heterocycles. The summed E-state index contributed by atoms with van der Waals surface area (Å²) in [6.45, 7) is 1.40. The van der Waals surface area contributed by atoms with Crippen molar-refractivity contribution in [1.82, 2.24) is 0 Å². The van der Waals surface area contributed by atoms with Crippen LogP contribution >= 0.6 is 0 Å². The van der Waals surface area contributed by atoms with Gasteiger partial charge in [-0.25, -0.2) is 0 Å². The summed E-state index contributed by atoms with van der Waals surface area (Å²) in [5.41, 5.74) is 2.14. The van der Waals surface area contributed by atoms with Gasteiger partial charge in [-0.2, -0.15) is 10.5 Å². The lowest BCUT2D eigenvalue weighted by atomic mass is 10.2. The van der Waals surface area contributed by atoms with E-state index in [4.69, 9.17) is 10.5 Å². The molecule has 7 heteroatoms. The summed E-state index contributed by atoms with van der Waals surface area (Å²) in [4.78, 5) is 23.2. The molecule has 0 radical (unpaired) electrons. The highest BCUT2D eigenvalue weighted by Crippen LogP contribution is 2.15. The summed E-state index contributed by atoms with van der Waals surface area (Å²) in [6.07, 6.45) is 1.29. The Morgan fingerprint density at radius 1 is 0.885 bits per heavy atom. The standard InChI is InChI=1S/C19H15N5O2/c1-13(25)23-17-6-8-18(9-7-17)24-19(26)15(11-21)12-22-16-4-2-14(10-20)3-5-16/h2-9,12,22H,1H3,(H,23,25)(H,24,26)/b15-12-. The molecule has 2 aromatic rings. The van der Waals surface area contributed by atoms with E-state index < -0.39 is 5.91 Å². The number of nitrogens with one attached hydrogen (secondary N) is 3. The van der Waals surface area contributed by atoms with Crippen molar-refractivity contribution in [1.29, 1.82) is 10.5 Å². The molecule has 0 unspecified atom stereocenters. The topological polar surface area (TPSA) is 118 Å². The lowest BCUT2D eigenvalue weighted by Gasteiger charge is -2.07. The van der Waals surface area contributed by atoms with Gasteiger partial charge in [0.15, 0.2) is 0 Å². The number of hydrogen-bond donors (Lipinski definition) is 3. The Balaban J connectivity index is 2.02. The summed E-state index contributed by atoms with van der Waals surface area (Å²) < 4.78 is 0. The second-order valence-electron chi connectivity index (χ2n) is 5.22. The average molecular weight is 345 g/mol. The molecular formula is C19H15N5O2. The van der Waals surface area contributed by atoms with Gasteiger partial charge in [-0.15, -0.1) is 0 Å². The van der Waals surface area contributed by atoms with Crippen molar-refractivity contribution in [2.75, 3.05) is 16.0 Å². The van der Waals surface area contributed by atoms with Crippen molar-refractivity contribution >= 4 is 28.9 Å². The Hall–Kier alpha value is -4.10. The van der Waals surface area contributed by atoms with Crippen LogP contribution < -0.4 is 16.0 Å². The van der Waals surface area contributed by atoms with Gasteiger partial charge in [-0.1, -0.05) is 0 Å². The molecule has 2 aromatic carbocycles. The predicted molar refractivity (Wildman–Crippen MR) is 97.9 cm³/mol. The van der Waals surface area contributed by atoms with Crippen molar-refractivity contribution in [2.24, 2.45) is 0 Å². The zero-order chi connectivity index (χ0) is 18.9. The van der Waals surface area contributed by atoms with Crippen LogP contribution in [0, 0.1) is 22.7 Å². The Labute approximate surface area is 150 Å². The maximum absolute atomic E-state index is 12.2. The number of rotatable bonds is 5. The van der Waals surface area contributed by atoms with Gasteiger partial charge in [0.2, 0.25) is 5.91 Å². The van der Waals surface area contributed by atoms with Crippen molar-refractivity contribution in [3.63, 3.8) is 0 Å². The second kappa shape index (κ2) is 8.67. The SMILES string of the molecule is CC(=O)Nc1ccc(NC(=O)/C(C#N)=C\Nc2ccc(C#N)cc2)cc1. The first kappa shape index (κ1) is 18.2. The molecule has 0 spiro atoms. The van der Waals surface area contributed by atoms with E-state index in [1.807, 2.05) is 12.1 Å². The lowest BCUT2D eigenvalue weighted by molar-refractivity contribution is -0.114. The summed E-state index contributed by atoms with van der Waals surface area (Å²) in [5.74, 6) is -0.758. The van der Waals surface area contributed by atoms with Crippen molar-refractivity contribution < 1.29 is 9.59 Å². The quantitative estimate of drug-likeness (QED) is 0.569. The van der Waals surface area contributed by atoms with E-state index in [-0.39, 0.29) is 11.5 Å². The van der Waals surface area contributed by atoms with Gasteiger partial charge in [0.1, 0.15) is 11.6 Å². The van der Waals surface area contributed by atoms with Crippen LogP contribution in [0.5, 0.6) is 0 Å². The van der Waals surface area contributed by atoms with Crippen LogP contribution in [0.2, 0.25) is 0 Å². The van der Waals surface area contributed by atoms with Crippen LogP contribution in [-0.2, 0) is 9.59 Å². The summed E-state index contributed by atoms with van der Waals surface area (Å²) in [5, 5.41) is 26.0. The fraction of sp³-hybridized carbons (Fsp3) is 0.0526. The molecule has 2 amide bonds. The smallest absolute Gasteiger partial charge is 0.267 e. The van der Waals surface area contributed by atoms with Gasteiger partial charge in [0.05, 0.1) is 11.6 Å². The Morgan fingerprint density at radius 3 is 1.92 bits per heavy atom. The maximum Gasteiger partial charge on any atom is 0.267 e. The molecule has 0 saturated carbocycles. The molecular weight excluding hydrogens is 330 g/mol. The van der Waals surface area contributed by atoms with Crippen LogP contribution in [0.15, 0.2) is 60.3 Å². The largest absolute Gasteiger partial charge is 0.360 e. The van der Waals surface area contributed by atoms with E-state index in [0.29, 0.717) is 22.6 Å². The van der Waals surface area contributed by atoms with E-state index in [2.05, 4.69) is 16.0 Å².